The molecule has 2 N–H and O–H groups in total. The van der Waals surface area contributed by atoms with Crippen LogP contribution in [0.5, 0.6) is 5.75 Å². The number of methoxy groups -OCH3 is 1. The second-order valence-electron chi connectivity index (χ2n) is 4.80. The summed E-state index contributed by atoms with van der Waals surface area (Å²) >= 11 is 0. The number of hydrogen-bond donors (Lipinski definition) is 1. The lowest BCUT2D eigenvalue weighted by atomic mass is 10.0. The summed E-state index contributed by atoms with van der Waals surface area (Å²) in [5.74, 6) is 1.42. The largest absolute Gasteiger partial charge is 0.497 e. The first-order chi connectivity index (χ1) is 9.67. The topological polar surface area (TPSA) is 48.1 Å². The molecule has 20 heavy (non-hydrogen) atoms. The van der Waals surface area contributed by atoms with Crippen molar-refractivity contribution in [3.8, 4) is 16.9 Å². The molecule has 0 fully saturated rings. The normalized spacial score (nSPS) is 10.7. The minimum Gasteiger partial charge on any atom is -0.497 e. The Morgan fingerprint density at radius 1 is 0.950 bits per heavy atom. The van der Waals surface area contributed by atoms with Gasteiger partial charge in [-0.25, -0.2) is 4.98 Å². The third-order valence-corrected chi connectivity index (χ3v) is 3.47. The summed E-state index contributed by atoms with van der Waals surface area (Å²) in [6.07, 6.45) is 0. The van der Waals surface area contributed by atoms with Gasteiger partial charge in [-0.1, -0.05) is 18.2 Å². The standard InChI is InChI=1S/C17H16N2O/c1-11-16(7-8-17(18)19-11)14-4-3-13-10-15(20-2)6-5-12(13)9-14/h3-10H,1-2H3,(H2,18,19). The molecule has 3 aromatic rings. The summed E-state index contributed by atoms with van der Waals surface area (Å²) in [5, 5.41) is 2.34. The summed E-state index contributed by atoms with van der Waals surface area (Å²) in [6, 6.07) is 16.3. The zero-order valence-electron chi connectivity index (χ0n) is 11.6. The molecule has 0 bridgehead atoms. The first-order valence-electron chi connectivity index (χ1n) is 6.49. The van der Waals surface area contributed by atoms with Crippen molar-refractivity contribution in [3.63, 3.8) is 0 Å². The average Bonchev–Trinajstić information content (AvgIpc) is 2.46. The molecule has 3 rings (SSSR count). The van der Waals surface area contributed by atoms with Crippen molar-refractivity contribution in [1.29, 1.82) is 0 Å². The van der Waals surface area contributed by atoms with Gasteiger partial charge in [-0.05, 0) is 53.6 Å². The summed E-state index contributed by atoms with van der Waals surface area (Å²) in [5.41, 5.74) is 8.90. The highest BCUT2D eigenvalue weighted by Crippen LogP contribution is 2.28. The molecule has 0 aliphatic carbocycles. The van der Waals surface area contributed by atoms with E-state index in [2.05, 4.69) is 29.2 Å². The Balaban J connectivity index is 2.13. The van der Waals surface area contributed by atoms with E-state index in [1.54, 1.807) is 7.11 Å². The second kappa shape index (κ2) is 4.85. The van der Waals surface area contributed by atoms with Crippen molar-refractivity contribution < 1.29 is 4.74 Å². The molecule has 0 spiro atoms. The number of rotatable bonds is 2. The molecule has 0 aliphatic heterocycles. The predicted molar refractivity (Wildman–Crippen MR) is 82.9 cm³/mol. The summed E-state index contributed by atoms with van der Waals surface area (Å²) in [4.78, 5) is 4.32. The van der Waals surface area contributed by atoms with Crippen molar-refractivity contribution in [2.24, 2.45) is 0 Å². The third-order valence-electron chi connectivity index (χ3n) is 3.47. The lowest BCUT2D eigenvalue weighted by Crippen LogP contribution is -1.94. The van der Waals surface area contributed by atoms with E-state index in [1.807, 2.05) is 31.2 Å². The van der Waals surface area contributed by atoms with Crippen LogP contribution in [0.1, 0.15) is 5.69 Å². The van der Waals surface area contributed by atoms with Crippen LogP contribution in [0.2, 0.25) is 0 Å². The van der Waals surface area contributed by atoms with E-state index < -0.39 is 0 Å². The van der Waals surface area contributed by atoms with Gasteiger partial charge in [0.05, 0.1) is 7.11 Å². The van der Waals surface area contributed by atoms with Crippen molar-refractivity contribution >= 4 is 16.6 Å². The fourth-order valence-electron chi connectivity index (χ4n) is 2.40. The highest BCUT2D eigenvalue weighted by Gasteiger charge is 2.05. The Hall–Kier alpha value is -2.55. The van der Waals surface area contributed by atoms with Crippen LogP contribution >= 0.6 is 0 Å². The molecule has 3 heteroatoms. The molecule has 0 radical (unpaired) electrons. The number of nitrogen functional groups attached to an aromatic ring is 1. The second-order valence-corrected chi connectivity index (χ2v) is 4.80. The highest BCUT2D eigenvalue weighted by molar-refractivity contribution is 5.88. The van der Waals surface area contributed by atoms with Crippen LogP contribution in [-0.4, -0.2) is 12.1 Å². The molecular weight excluding hydrogens is 248 g/mol. The van der Waals surface area contributed by atoms with Gasteiger partial charge in [0.2, 0.25) is 0 Å². The van der Waals surface area contributed by atoms with Crippen LogP contribution < -0.4 is 10.5 Å². The molecule has 0 saturated carbocycles. The predicted octanol–water partition coefficient (Wildman–Crippen LogP) is 3.80. The zero-order chi connectivity index (χ0) is 14.1. The number of benzene rings is 2. The number of ether oxygens (including phenoxy) is 1. The van der Waals surface area contributed by atoms with Gasteiger partial charge < -0.3 is 10.5 Å². The number of nitrogens with zero attached hydrogens (tertiary/aromatic N) is 1. The van der Waals surface area contributed by atoms with E-state index in [0.29, 0.717) is 5.82 Å². The van der Waals surface area contributed by atoms with Crippen LogP contribution in [-0.2, 0) is 0 Å². The summed E-state index contributed by atoms with van der Waals surface area (Å²) < 4.78 is 5.25. The van der Waals surface area contributed by atoms with Crippen LogP contribution in [0, 0.1) is 6.92 Å². The SMILES string of the molecule is COc1ccc2cc(-c3ccc(N)nc3C)ccc2c1. The smallest absolute Gasteiger partial charge is 0.123 e. The lowest BCUT2D eigenvalue weighted by Gasteiger charge is -2.08. The molecule has 1 heterocycles. The van der Waals surface area contributed by atoms with Gasteiger partial charge in [0, 0.05) is 11.3 Å². The van der Waals surface area contributed by atoms with Crippen LogP contribution in [0.3, 0.4) is 0 Å². The van der Waals surface area contributed by atoms with Crippen molar-refractivity contribution in [1.82, 2.24) is 4.98 Å². The Morgan fingerprint density at radius 3 is 2.45 bits per heavy atom. The molecule has 1 aromatic heterocycles. The van der Waals surface area contributed by atoms with E-state index in [9.17, 15) is 0 Å². The number of fused-ring (bicyclic) bond motifs is 1. The number of pyridine rings is 1. The number of aromatic nitrogens is 1. The van der Waals surface area contributed by atoms with Gasteiger partial charge >= 0.3 is 0 Å². The van der Waals surface area contributed by atoms with Crippen molar-refractivity contribution in [2.45, 2.75) is 6.92 Å². The minimum absolute atomic E-state index is 0.553. The molecule has 3 nitrogen and oxygen atoms in total. The van der Waals surface area contributed by atoms with Gasteiger partial charge in [-0.15, -0.1) is 0 Å². The van der Waals surface area contributed by atoms with Crippen molar-refractivity contribution in [3.05, 3.63) is 54.2 Å². The molecule has 0 unspecified atom stereocenters. The minimum atomic E-state index is 0.553. The van der Waals surface area contributed by atoms with Gasteiger partial charge in [0.25, 0.3) is 0 Å². The van der Waals surface area contributed by atoms with Crippen molar-refractivity contribution in [2.75, 3.05) is 12.8 Å². The number of anilines is 1. The fourth-order valence-corrected chi connectivity index (χ4v) is 2.40. The van der Waals surface area contributed by atoms with E-state index in [0.717, 1.165) is 28.0 Å². The Bertz CT molecular complexity index is 781. The highest BCUT2D eigenvalue weighted by atomic mass is 16.5. The van der Waals surface area contributed by atoms with Crippen LogP contribution in [0.15, 0.2) is 48.5 Å². The Labute approximate surface area is 118 Å². The molecule has 0 aliphatic rings. The van der Waals surface area contributed by atoms with Gasteiger partial charge in [-0.3, -0.25) is 0 Å². The maximum absolute atomic E-state index is 5.70. The summed E-state index contributed by atoms with van der Waals surface area (Å²) in [7, 11) is 1.68. The fraction of sp³-hybridized carbons (Fsp3) is 0.118. The zero-order valence-corrected chi connectivity index (χ0v) is 11.6. The van der Waals surface area contributed by atoms with Crippen LogP contribution in [0.4, 0.5) is 5.82 Å². The Morgan fingerprint density at radius 2 is 1.70 bits per heavy atom. The third kappa shape index (κ3) is 2.18. The van der Waals surface area contributed by atoms with Gasteiger partial charge in [-0.2, -0.15) is 0 Å². The Kier molecular flexibility index (Phi) is 3.03. The molecule has 0 saturated heterocycles. The van der Waals surface area contributed by atoms with E-state index in [4.69, 9.17) is 10.5 Å². The quantitative estimate of drug-likeness (QED) is 0.765. The maximum Gasteiger partial charge on any atom is 0.123 e. The van der Waals surface area contributed by atoms with Gasteiger partial charge in [0.15, 0.2) is 0 Å². The van der Waals surface area contributed by atoms with Crippen LogP contribution in [0.25, 0.3) is 21.9 Å². The molecular formula is C17H16N2O. The number of hydrogen-bond acceptors (Lipinski definition) is 3. The van der Waals surface area contributed by atoms with E-state index >= 15 is 0 Å². The number of aryl methyl sites for hydroxylation is 1. The lowest BCUT2D eigenvalue weighted by molar-refractivity contribution is 0.415. The first-order valence-corrected chi connectivity index (χ1v) is 6.49. The molecule has 0 amide bonds. The number of nitrogens with two attached hydrogens (primary N) is 1. The molecule has 0 atom stereocenters. The summed E-state index contributed by atoms with van der Waals surface area (Å²) in [6.45, 7) is 1.98. The van der Waals surface area contributed by atoms with Gasteiger partial charge in [0.1, 0.15) is 11.6 Å². The first kappa shape index (κ1) is 12.5. The average molecular weight is 264 g/mol. The molecule has 100 valence electrons. The maximum atomic E-state index is 5.70. The van der Waals surface area contributed by atoms with E-state index in [1.165, 1.54) is 5.39 Å². The molecule has 2 aromatic carbocycles. The van der Waals surface area contributed by atoms with E-state index in [-0.39, 0.29) is 0 Å². The monoisotopic (exact) mass is 264 g/mol.